The summed E-state index contributed by atoms with van der Waals surface area (Å²) in [6, 6.07) is 14.3. The normalized spacial score (nSPS) is 16.8. The molecule has 1 aliphatic heterocycles. The molecule has 0 fully saturated rings. The van der Waals surface area contributed by atoms with Crippen LogP contribution < -0.4 is 5.32 Å². The van der Waals surface area contributed by atoms with Crippen molar-refractivity contribution in [2.45, 2.75) is 10.1 Å². The van der Waals surface area contributed by atoms with Crippen LogP contribution in [0.1, 0.15) is 10.4 Å². The molecule has 0 aromatic heterocycles. The minimum atomic E-state index is -0.324. The average molecular weight is 283 g/mol. The van der Waals surface area contributed by atoms with Crippen molar-refractivity contribution in [1.29, 1.82) is 0 Å². The van der Waals surface area contributed by atoms with E-state index in [4.69, 9.17) is 0 Å². The Kier molecular flexibility index (Phi) is 3.24. The third kappa shape index (κ3) is 2.30. The topological polar surface area (TPSA) is 49.3 Å². The first-order chi connectivity index (χ1) is 9.65. The van der Waals surface area contributed by atoms with E-state index in [1.54, 1.807) is 18.2 Å². The fraction of sp³-hybridized carbons (Fsp3) is 0.0625. The van der Waals surface area contributed by atoms with Gasteiger partial charge < -0.3 is 10.4 Å². The number of carbonyl (C=O) groups excluding carboxylic acids is 1. The third-order valence-electron chi connectivity index (χ3n) is 3.10. The quantitative estimate of drug-likeness (QED) is 0.902. The molecule has 2 aromatic rings. The summed E-state index contributed by atoms with van der Waals surface area (Å²) >= 11 is 1.50. The number of ketones is 1. The fourth-order valence-electron chi connectivity index (χ4n) is 2.16. The van der Waals surface area contributed by atoms with Crippen molar-refractivity contribution in [2.75, 3.05) is 5.32 Å². The lowest BCUT2D eigenvalue weighted by atomic mass is 10.1. The van der Waals surface area contributed by atoms with E-state index < -0.39 is 0 Å². The zero-order valence-corrected chi connectivity index (χ0v) is 11.5. The Hall–Kier alpha value is -2.20. The van der Waals surface area contributed by atoms with E-state index in [1.165, 1.54) is 11.8 Å². The van der Waals surface area contributed by atoms with Crippen LogP contribution in [0.5, 0.6) is 5.75 Å². The lowest BCUT2D eigenvalue weighted by molar-refractivity contribution is 0.100. The van der Waals surface area contributed by atoms with E-state index in [9.17, 15) is 9.90 Å². The summed E-state index contributed by atoms with van der Waals surface area (Å²) in [5.41, 5.74) is 2.10. The molecule has 2 N–H and O–H groups in total. The Morgan fingerprint density at radius 1 is 1.20 bits per heavy atom. The second-order valence-corrected chi connectivity index (χ2v) is 5.71. The SMILES string of the molecule is C=C(Nc1cccc(O)c1)[C@@H]1Sc2ccccc2C1=O. The van der Waals surface area contributed by atoms with Gasteiger partial charge in [0.15, 0.2) is 5.78 Å². The molecule has 0 saturated heterocycles. The standard InChI is InChI=1S/C16H13NO2S/c1-10(17-11-5-4-6-12(18)9-11)16-15(19)13-7-2-3-8-14(13)20-16/h2-9,16-18H,1H2/t16-/m0/s1. The highest BCUT2D eigenvalue weighted by atomic mass is 32.2. The zero-order chi connectivity index (χ0) is 14.1. The van der Waals surface area contributed by atoms with Crippen LogP contribution in [0.25, 0.3) is 0 Å². The number of phenols is 1. The number of rotatable bonds is 3. The molecule has 100 valence electrons. The molecule has 0 bridgehead atoms. The van der Waals surface area contributed by atoms with Crippen molar-refractivity contribution in [3.8, 4) is 5.75 Å². The second kappa shape index (κ2) is 5.06. The Bertz CT molecular complexity index is 696. The molecule has 3 nitrogen and oxygen atoms in total. The molecule has 4 heteroatoms. The van der Waals surface area contributed by atoms with Crippen LogP contribution in [0.3, 0.4) is 0 Å². The molecule has 20 heavy (non-hydrogen) atoms. The molecule has 1 atom stereocenters. The molecule has 2 aromatic carbocycles. The van der Waals surface area contributed by atoms with Crippen LogP contribution in [0.2, 0.25) is 0 Å². The average Bonchev–Trinajstić information content (AvgIpc) is 2.77. The summed E-state index contributed by atoms with van der Waals surface area (Å²) in [7, 11) is 0. The highest BCUT2D eigenvalue weighted by Gasteiger charge is 2.33. The van der Waals surface area contributed by atoms with Gasteiger partial charge in [-0.05, 0) is 18.2 Å². The summed E-state index contributed by atoms with van der Waals surface area (Å²) in [6.07, 6.45) is 0. The maximum atomic E-state index is 12.3. The molecule has 0 spiro atoms. The number of aromatic hydroxyl groups is 1. The molecule has 0 radical (unpaired) electrons. The highest BCUT2D eigenvalue weighted by molar-refractivity contribution is 8.01. The van der Waals surface area contributed by atoms with Gasteiger partial charge in [0.25, 0.3) is 0 Å². The maximum absolute atomic E-state index is 12.3. The van der Waals surface area contributed by atoms with E-state index >= 15 is 0 Å². The molecule has 1 heterocycles. The number of fused-ring (bicyclic) bond motifs is 1. The van der Waals surface area contributed by atoms with Crippen molar-refractivity contribution in [3.05, 3.63) is 66.4 Å². The summed E-state index contributed by atoms with van der Waals surface area (Å²) < 4.78 is 0. The van der Waals surface area contributed by atoms with Gasteiger partial charge >= 0.3 is 0 Å². The first-order valence-electron chi connectivity index (χ1n) is 6.20. The van der Waals surface area contributed by atoms with Crippen LogP contribution in [0, 0.1) is 0 Å². The van der Waals surface area contributed by atoms with Crippen molar-refractivity contribution >= 4 is 23.2 Å². The van der Waals surface area contributed by atoms with E-state index in [1.807, 2.05) is 30.3 Å². The number of phenolic OH excluding ortho intramolecular Hbond substituents is 1. The first-order valence-corrected chi connectivity index (χ1v) is 7.08. The van der Waals surface area contributed by atoms with E-state index in [0.29, 0.717) is 5.70 Å². The minimum Gasteiger partial charge on any atom is -0.508 e. The predicted octanol–water partition coefficient (Wildman–Crippen LogP) is 3.68. The molecule has 0 saturated carbocycles. The van der Waals surface area contributed by atoms with Crippen LogP contribution >= 0.6 is 11.8 Å². The van der Waals surface area contributed by atoms with E-state index in [2.05, 4.69) is 11.9 Å². The zero-order valence-electron chi connectivity index (χ0n) is 10.7. The minimum absolute atomic E-state index is 0.0725. The van der Waals surface area contributed by atoms with Crippen molar-refractivity contribution < 1.29 is 9.90 Å². The summed E-state index contributed by atoms with van der Waals surface area (Å²) in [6.45, 7) is 3.96. The van der Waals surface area contributed by atoms with Crippen LogP contribution in [0.15, 0.2) is 65.7 Å². The van der Waals surface area contributed by atoms with Gasteiger partial charge in [0.1, 0.15) is 11.0 Å². The number of hydrogen-bond donors (Lipinski definition) is 2. The molecular formula is C16H13NO2S. The first kappa shape index (κ1) is 12.8. The number of benzene rings is 2. The van der Waals surface area contributed by atoms with E-state index in [-0.39, 0.29) is 16.8 Å². The Balaban J connectivity index is 1.78. The molecular weight excluding hydrogens is 270 g/mol. The van der Waals surface area contributed by atoms with Gasteiger partial charge in [-0.1, -0.05) is 30.8 Å². The highest BCUT2D eigenvalue weighted by Crippen LogP contribution is 2.39. The van der Waals surface area contributed by atoms with Crippen LogP contribution in [-0.2, 0) is 0 Å². The lowest BCUT2D eigenvalue weighted by Gasteiger charge is -2.14. The van der Waals surface area contributed by atoms with Gasteiger partial charge in [-0.3, -0.25) is 4.79 Å². The van der Waals surface area contributed by atoms with Gasteiger partial charge in [0.05, 0.1) is 0 Å². The van der Waals surface area contributed by atoms with Crippen LogP contribution in [-0.4, -0.2) is 16.1 Å². The Morgan fingerprint density at radius 2 is 2.00 bits per heavy atom. The van der Waals surface area contributed by atoms with E-state index in [0.717, 1.165) is 16.1 Å². The Labute approximate surface area is 121 Å². The number of Topliss-reactive ketones (excluding diaryl/α,β-unsaturated/α-hetero) is 1. The number of anilines is 1. The number of carbonyl (C=O) groups is 1. The van der Waals surface area contributed by atoms with Crippen molar-refractivity contribution in [1.82, 2.24) is 0 Å². The van der Waals surface area contributed by atoms with Gasteiger partial charge in [-0.25, -0.2) is 0 Å². The number of thioether (sulfide) groups is 1. The fourth-order valence-corrected chi connectivity index (χ4v) is 3.30. The summed E-state index contributed by atoms with van der Waals surface area (Å²) in [5.74, 6) is 0.250. The smallest absolute Gasteiger partial charge is 0.183 e. The Morgan fingerprint density at radius 3 is 2.75 bits per heavy atom. The molecule has 0 amide bonds. The third-order valence-corrected chi connectivity index (χ3v) is 4.45. The van der Waals surface area contributed by atoms with Gasteiger partial charge in [0.2, 0.25) is 0 Å². The van der Waals surface area contributed by atoms with Gasteiger partial charge in [-0.15, -0.1) is 11.8 Å². The van der Waals surface area contributed by atoms with Crippen LogP contribution in [0.4, 0.5) is 5.69 Å². The lowest BCUT2D eigenvalue weighted by Crippen LogP contribution is -2.19. The summed E-state index contributed by atoms with van der Waals surface area (Å²) in [4.78, 5) is 13.3. The second-order valence-electron chi connectivity index (χ2n) is 4.56. The van der Waals surface area contributed by atoms with Crippen molar-refractivity contribution in [2.24, 2.45) is 0 Å². The molecule has 1 aliphatic rings. The largest absolute Gasteiger partial charge is 0.508 e. The molecule has 0 unspecified atom stereocenters. The monoisotopic (exact) mass is 283 g/mol. The molecule has 3 rings (SSSR count). The molecule has 0 aliphatic carbocycles. The van der Waals surface area contributed by atoms with Gasteiger partial charge in [0, 0.05) is 27.9 Å². The van der Waals surface area contributed by atoms with Gasteiger partial charge in [-0.2, -0.15) is 0 Å². The number of nitrogens with one attached hydrogen (secondary N) is 1. The predicted molar refractivity (Wildman–Crippen MR) is 81.3 cm³/mol. The summed E-state index contributed by atoms with van der Waals surface area (Å²) in [5, 5.41) is 12.2. The number of hydrogen-bond acceptors (Lipinski definition) is 4. The van der Waals surface area contributed by atoms with Crippen molar-refractivity contribution in [3.63, 3.8) is 0 Å². The maximum Gasteiger partial charge on any atom is 0.183 e.